The molecule has 0 aliphatic heterocycles. The summed E-state index contributed by atoms with van der Waals surface area (Å²) in [5.74, 6) is -2.79. The monoisotopic (exact) mass is 417 g/mol. The van der Waals surface area contributed by atoms with Gasteiger partial charge in [0.05, 0.1) is 11.2 Å². The van der Waals surface area contributed by atoms with Crippen LogP contribution >= 0.6 is 11.6 Å². The van der Waals surface area contributed by atoms with Crippen LogP contribution in [0, 0.1) is 12.7 Å². The summed E-state index contributed by atoms with van der Waals surface area (Å²) in [6.45, 7) is 3.34. The van der Waals surface area contributed by atoms with E-state index in [9.17, 15) is 23.9 Å². The molecular formula is C20H17ClFN3O4. The Morgan fingerprint density at radius 3 is 2.55 bits per heavy atom. The van der Waals surface area contributed by atoms with Crippen LogP contribution in [0.3, 0.4) is 0 Å². The van der Waals surface area contributed by atoms with Crippen molar-refractivity contribution in [1.29, 1.82) is 0 Å². The topological polar surface area (TPSA) is 100 Å². The first-order valence-electron chi connectivity index (χ1n) is 8.67. The lowest BCUT2D eigenvalue weighted by Crippen LogP contribution is -2.33. The number of nitrogens with one attached hydrogen (secondary N) is 2. The largest absolute Gasteiger partial charge is 0.494 e. The third-order valence-corrected chi connectivity index (χ3v) is 4.51. The second-order valence-electron chi connectivity index (χ2n) is 6.34. The number of hydrogen-bond donors (Lipinski definition) is 3. The fraction of sp³-hybridized carbons (Fsp3) is 0.150. The van der Waals surface area contributed by atoms with E-state index in [-0.39, 0.29) is 33.6 Å². The van der Waals surface area contributed by atoms with Gasteiger partial charge in [0.25, 0.3) is 5.91 Å². The van der Waals surface area contributed by atoms with Gasteiger partial charge in [-0.25, -0.2) is 13.8 Å². The Hall–Kier alpha value is -3.39. The van der Waals surface area contributed by atoms with Gasteiger partial charge in [-0.15, -0.1) is 0 Å². The number of nitrogens with zero attached hydrogens (tertiary/aromatic N) is 1. The fourth-order valence-electron chi connectivity index (χ4n) is 2.86. The predicted molar refractivity (Wildman–Crippen MR) is 107 cm³/mol. The summed E-state index contributed by atoms with van der Waals surface area (Å²) in [6, 6.07) is 7.65. The highest BCUT2D eigenvalue weighted by molar-refractivity contribution is 6.30. The van der Waals surface area contributed by atoms with Crippen LogP contribution in [0.2, 0.25) is 5.02 Å². The molecule has 0 radical (unpaired) electrons. The minimum Gasteiger partial charge on any atom is -0.494 e. The van der Waals surface area contributed by atoms with Crippen molar-refractivity contribution in [2.75, 3.05) is 5.32 Å². The molecule has 0 aliphatic rings. The number of hydrogen-bond acceptors (Lipinski definition) is 4. The summed E-state index contributed by atoms with van der Waals surface area (Å²) < 4.78 is 14.9. The zero-order chi connectivity index (χ0) is 21.3. The summed E-state index contributed by atoms with van der Waals surface area (Å²) in [6.07, 6.45) is 0.0635. The number of halogens is 2. The molecule has 0 fully saturated rings. The molecule has 9 heteroatoms. The molecule has 3 aromatic rings. The number of aromatic hydroxyl groups is 1. The first-order valence-corrected chi connectivity index (χ1v) is 9.05. The van der Waals surface area contributed by atoms with Crippen LogP contribution in [0.5, 0.6) is 5.88 Å². The van der Waals surface area contributed by atoms with Gasteiger partial charge in [0.1, 0.15) is 11.4 Å². The normalized spacial score (nSPS) is 10.8. The van der Waals surface area contributed by atoms with Gasteiger partial charge in [0, 0.05) is 16.8 Å². The van der Waals surface area contributed by atoms with Gasteiger partial charge in [-0.2, -0.15) is 0 Å². The van der Waals surface area contributed by atoms with Crippen molar-refractivity contribution in [1.82, 2.24) is 9.88 Å². The molecule has 0 aliphatic carbocycles. The van der Waals surface area contributed by atoms with Gasteiger partial charge >= 0.3 is 6.03 Å². The summed E-state index contributed by atoms with van der Waals surface area (Å²) in [5, 5.41) is 15.6. The lowest BCUT2D eigenvalue weighted by molar-refractivity contribution is -0.119. The maximum absolute atomic E-state index is 14.1. The van der Waals surface area contributed by atoms with Crippen LogP contribution in [0.15, 0.2) is 36.4 Å². The molecule has 0 saturated heterocycles. The van der Waals surface area contributed by atoms with E-state index in [0.29, 0.717) is 0 Å². The number of aromatic nitrogens is 1. The smallest absolute Gasteiger partial charge is 0.335 e. The van der Waals surface area contributed by atoms with Crippen LogP contribution in [-0.2, 0) is 4.79 Å². The van der Waals surface area contributed by atoms with Crippen LogP contribution in [0.4, 0.5) is 14.9 Å². The molecule has 150 valence electrons. The molecule has 3 amide bonds. The van der Waals surface area contributed by atoms with E-state index in [4.69, 9.17) is 11.6 Å². The maximum Gasteiger partial charge on any atom is 0.335 e. The Labute approximate surface area is 170 Å². The van der Waals surface area contributed by atoms with Crippen LogP contribution in [-0.4, -0.2) is 27.5 Å². The first-order chi connectivity index (χ1) is 13.7. The Balaban J connectivity index is 2.10. The van der Waals surface area contributed by atoms with E-state index < -0.39 is 29.5 Å². The second kappa shape index (κ2) is 7.92. The molecule has 1 heterocycles. The van der Waals surface area contributed by atoms with Crippen LogP contribution in [0.1, 0.15) is 29.3 Å². The van der Waals surface area contributed by atoms with Crippen molar-refractivity contribution in [3.63, 3.8) is 0 Å². The van der Waals surface area contributed by atoms with Crippen molar-refractivity contribution in [2.24, 2.45) is 0 Å². The summed E-state index contributed by atoms with van der Waals surface area (Å²) in [5.41, 5.74) is 0.623. The molecule has 0 bridgehead atoms. The van der Waals surface area contributed by atoms with Gasteiger partial charge in [0.2, 0.25) is 11.8 Å². The molecule has 29 heavy (non-hydrogen) atoms. The van der Waals surface area contributed by atoms with E-state index in [2.05, 4.69) is 10.6 Å². The van der Waals surface area contributed by atoms with Crippen molar-refractivity contribution < 1.29 is 23.9 Å². The summed E-state index contributed by atoms with van der Waals surface area (Å²) in [7, 11) is 0. The van der Waals surface area contributed by atoms with Gasteiger partial charge in [-0.3, -0.25) is 14.9 Å². The third kappa shape index (κ3) is 3.93. The quantitative estimate of drug-likeness (QED) is 0.594. The Kier molecular flexibility index (Phi) is 5.56. The highest BCUT2D eigenvalue weighted by atomic mass is 35.5. The predicted octanol–water partition coefficient (Wildman–Crippen LogP) is 4.19. The van der Waals surface area contributed by atoms with E-state index in [0.717, 1.165) is 16.2 Å². The Morgan fingerprint density at radius 1 is 1.17 bits per heavy atom. The van der Waals surface area contributed by atoms with Gasteiger partial charge in [-0.05, 0) is 37.3 Å². The summed E-state index contributed by atoms with van der Waals surface area (Å²) in [4.78, 5) is 36.9. The zero-order valence-electron chi connectivity index (χ0n) is 15.5. The number of carbonyl (C=O) groups excluding carboxylic acids is 3. The Morgan fingerprint density at radius 2 is 1.90 bits per heavy atom. The van der Waals surface area contributed by atoms with Crippen molar-refractivity contribution in [3.8, 4) is 5.88 Å². The highest BCUT2D eigenvalue weighted by Gasteiger charge is 2.27. The van der Waals surface area contributed by atoms with Gasteiger partial charge < -0.3 is 10.4 Å². The van der Waals surface area contributed by atoms with E-state index in [1.807, 2.05) is 0 Å². The number of benzene rings is 2. The number of rotatable bonds is 3. The average molecular weight is 418 g/mol. The number of amides is 3. The molecule has 3 rings (SSSR count). The third-order valence-electron chi connectivity index (χ3n) is 4.27. The molecule has 7 nitrogen and oxygen atoms in total. The van der Waals surface area contributed by atoms with Crippen LogP contribution in [0.25, 0.3) is 10.9 Å². The molecule has 0 spiro atoms. The molecular weight excluding hydrogens is 401 g/mol. The number of anilines is 1. The minimum atomic E-state index is -0.903. The van der Waals surface area contributed by atoms with Crippen molar-refractivity contribution >= 4 is 46.0 Å². The first kappa shape index (κ1) is 20.3. The molecule has 0 atom stereocenters. The second-order valence-corrected chi connectivity index (χ2v) is 6.78. The summed E-state index contributed by atoms with van der Waals surface area (Å²) >= 11 is 5.71. The lowest BCUT2D eigenvalue weighted by Gasteiger charge is -2.08. The molecule has 0 unspecified atom stereocenters. The molecule has 1 aromatic heterocycles. The van der Waals surface area contributed by atoms with Crippen molar-refractivity contribution in [3.05, 3.63) is 58.4 Å². The SMILES string of the molecule is CCC(=O)NC(=O)n1c(O)c(C(=O)Nc2ccc(Cl)cc2F)c2cc(C)ccc21. The van der Waals surface area contributed by atoms with Gasteiger partial charge in [-0.1, -0.05) is 30.2 Å². The maximum atomic E-state index is 14.1. The van der Waals surface area contributed by atoms with Crippen molar-refractivity contribution in [2.45, 2.75) is 20.3 Å². The lowest BCUT2D eigenvalue weighted by atomic mass is 10.1. The van der Waals surface area contributed by atoms with E-state index in [1.54, 1.807) is 32.0 Å². The number of carbonyl (C=O) groups is 3. The average Bonchev–Trinajstić information content (AvgIpc) is 2.94. The standard InChI is InChI=1S/C20H17ClFN3O4/c1-3-16(26)24-20(29)25-15-7-4-10(2)8-12(15)17(19(25)28)18(27)23-14-6-5-11(21)9-13(14)22/h4-9,28H,3H2,1-2H3,(H,23,27)(H,24,26,29). The van der Waals surface area contributed by atoms with Crippen LogP contribution < -0.4 is 10.6 Å². The fourth-order valence-corrected chi connectivity index (χ4v) is 3.02. The zero-order valence-corrected chi connectivity index (χ0v) is 16.3. The number of aryl methyl sites for hydroxylation is 1. The number of fused-ring (bicyclic) bond motifs is 1. The molecule has 3 N–H and O–H groups in total. The van der Waals surface area contributed by atoms with E-state index in [1.165, 1.54) is 12.1 Å². The highest BCUT2D eigenvalue weighted by Crippen LogP contribution is 2.33. The van der Waals surface area contributed by atoms with Gasteiger partial charge in [0.15, 0.2) is 0 Å². The Bertz CT molecular complexity index is 1160. The molecule has 2 aromatic carbocycles. The molecule has 0 saturated carbocycles. The van der Waals surface area contributed by atoms with E-state index >= 15 is 0 Å². The number of imide groups is 1. The minimum absolute atomic E-state index is 0.0635.